The van der Waals surface area contributed by atoms with E-state index >= 15 is 0 Å². The van der Waals surface area contributed by atoms with E-state index in [0.717, 1.165) is 15.7 Å². The van der Waals surface area contributed by atoms with Gasteiger partial charge in [-0.3, -0.25) is 0 Å². The molecule has 3 heteroatoms. The summed E-state index contributed by atoms with van der Waals surface area (Å²) in [5.41, 5.74) is -2.12. The molecule has 2 aromatic heterocycles. The predicted octanol–water partition coefficient (Wildman–Crippen LogP) is 11.8. The molecule has 0 saturated carbocycles. The molecule has 9 aromatic rings. The maximum absolute atomic E-state index is 9.44. The van der Waals surface area contributed by atoms with Crippen LogP contribution in [0.2, 0.25) is 0 Å². The molecule has 0 bridgehead atoms. The summed E-state index contributed by atoms with van der Waals surface area (Å²) in [7, 11) is 0. The van der Waals surface area contributed by atoms with E-state index < -0.39 is 125 Å². The summed E-state index contributed by atoms with van der Waals surface area (Å²) in [6.45, 7) is 0. The Labute approximate surface area is 270 Å². The first kappa shape index (κ1) is 13.0. The summed E-state index contributed by atoms with van der Waals surface area (Å²) in [5, 5.41) is 2.02. The van der Waals surface area contributed by atoms with Crippen molar-refractivity contribution >= 4 is 71.7 Å². The van der Waals surface area contributed by atoms with Crippen LogP contribution >= 0.6 is 0 Å². The van der Waals surface area contributed by atoms with Gasteiger partial charge >= 0.3 is 0 Å². The van der Waals surface area contributed by atoms with Crippen LogP contribution in [0.3, 0.4) is 0 Å². The second-order valence-electron chi connectivity index (χ2n) is 9.71. The molecule has 0 amide bonds. The Balaban J connectivity index is 1.39. The average Bonchev–Trinajstić information content (AvgIpc) is 3.83. The minimum absolute atomic E-state index is 0.0861. The third-order valence-corrected chi connectivity index (χ3v) is 7.29. The molecule has 0 radical (unpaired) electrons. The van der Waals surface area contributed by atoms with Gasteiger partial charge in [0, 0.05) is 32.9 Å². The highest BCUT2D eigenvalue weighted by Crippen LogP contribution is 2.44. The molecule has 3 nitrogen and oxygen atoms in total. The van der Waals surface area contributed by atoms with Gasteiger partial charge in [0.05, 0.1) is 33.0 Å². The van der Waals surface area contributed by atoms with Gasteiger partial charge in [0.25, 0.3) is 0 Å². The molecule has 0 unspecified atom stereocenters. The average molecular weight is 568 g/mol. The lowest BCUT2D eigenvalue weighted by molar-refractivity contribution is 0.669. The first-order valence-electron chi connectivity index (χ1n) is 21.2. The fraction of sp³-hybridized carbons (Fsp3) is 0. The van der Waals surface area contributed by atoms with Gasteiger partial charge in [-0.15, -0.1) is 0 Å². The van der Waals surface area contributed by atoms with Crippen molar-refractivity contribution in [3.63, 3.8) is 0 Å². The zero-order valence-corrected chi connectivity index (χ0v) is 22.0. The number of fused-ring (bicyclic) bond motifs is 8. The molecule has 0 atom stereocenters. The van der Waals surface area contributed by atoms with Crippen molar-refractivity contribution in [2.24, 2.45) is 0 Å². The summed E-state index contributed by atoms with van der Waals surface area (Å²) >= 11 is 0. The predicted molar refractivity (Wildman–Crippen MR) is 179 cm³/mol. The van der Waals surface area contributed by atoms with E-state index in [0.29, 0.717) is 21.9 Å². The normalized spacial score (nSPS) is 16.9. The number of anilines is 3. The Hall–Kier alpha value is -5.80. The summed E-state index contributed by atoms with van der Waals surface area (Å²) < 4.78 is 153. The molecule has 0 aliphatic carbocycles. The fourth-order valence-corrected chi connectivity index (χ4v) is 5.39. The van der Waals surface area contributed by atoms with Crippen LogP contribution in [0.5, 0.6) is 0 Å². The highest BCUT2D eigenvalue weighted by molar-refractivity contribution is 6.19. The summed E-state index contributed by atoms with van der Waals surface area (Å²) in [6.07, 6.45) is 0. The molecule has 202 valence electrons. The zero-order valence-electron chi connectivity index (χ0n) is 38.0. The topological polar surface area (TPSA) is 29.5 Å². The number of nitrogens with zero attached hydrogens (tertiary/aromatic N) is 1. The minimum Gasteiger partial charge on any atom is -0.456 e. The number of furan rings is 2. The Bertz CT molecular complexity index is 3320. The largest absolute Gasteiger partial charge is 0.456 e. The number of benzene rings is 7. The van der Waals surface area contributed by atoms with Crippen molar-refractivity contribution in [2.75, 3.05) is 4.90 Å². The monoisotopic (exact) mass is 567 g/mol. The molecular formula is C40H25NO2. The Kier molecular flexibility index (Phi) is 2.84. The van der Waals surface area contributed by atoms with Crippen LogP contribution in [0.15, 0.2) is 160 Å². The van der Waals surface area contributed by atoms with Crippen LogP contribution in [-0.4, -0.2) is 0 Å². The van der Waals surface area contributed by atoms with E-state index in [2.05, 4.69) is 0 Å². The van der Waals surface area contributed by atoms with E-state index in [9.17, 15) is 5.48 Å². The molecular weight excluding hydrogens is 526 g/mol. The second-order valence-corrected chi connectivity index (χ2v) is 9.71. The van der Waals surface area contributed by atoms with Gasteiger partial charge in [0.15, 0.2) is 0 Å². The van der Waals surface area contributed by atoms with Gasteiger partial charge in [0.2, 0.25) is 0 Å². The van der Waals surface area contributed by atoms with Crippen molar-refractivity contribution in [1.82, 2.24) is 0 Å². The maximum Gasteiger partial charge on any atom is 0.143 e. The molecule has 0 aliphatic rings. The molecule has 0 fully saturated rings. The lowest BCUT2D eigenvalue weighted by atomic mass is 10.0. The van der Waals surface area contributed by atoms with Crippen LogP contribution in [0, 0.1) is 0 Å². The molecule has 43 heavy (non-hydrogen) atoms. The van der Waals surface area contributed by atoms with Gasteiger partial charge in [0.1, 0.15) is 22.3 Å². The first-order valence-corrected chi connectivity index (χ1v) is 13.2. The lowest BCUT2D eigenvalue weighted by Crippen LogP contribution is -2.10. The quantitative estimate of drug-likeness (QED) is 0.212. The van der Waals surface area contributed by atoms with Gasteiger partial charge < -0.3 is 13.7 Å². The van der Waals surface area contributed by atoms with Crippen molar-refractivity contribution in [2.45, 2.75) is 0 Å². The smallest absolute Gasteiger partial charge is 0.143 e. The summed E-state index contributed by atoms with van der Waals surface area (Å²) in [5.74, 6) is 0. The number of hydrogen-bond acceptors (Lipinski definition) is 3. The van der Waals surface area contributed by atoms with Crippen molar-refractivity contribution in [3.8, 4) is 11.1 Å². The second kappa shape index (κ2) is 9.37. The molecule has 2 heterocycles. The Morgan fingerprint density at radius 1 is 0.488 bits per heavy atom. The SMILES string of the molecule is [2H]c1c([2H])c([2H])c(N(c2c([2H])c([2H])c(-c3c([2H])c([2H])c4c(oc5c([2H])c([2H])c([2H])c([2H])c54)c3[2H])c([2H])c2[2H])c2cccc3oc4c5ccccc5ccc4c23)c([2H])c1[2H]. The third-order valence-electron chi connectivity index (χ3n) is 7.29. The van der Waals surface area contributed by atoms with Crippen molar-refractivity contribution in [1.29, 1.82) is 0 Å². The summed E-state index contributed by atoms with van der Waals surface area (Å²) in [6, 6.07) is 4.61. The molecule has 7 aromatic carbocycles. The van der Waals surface area contributed by atoms with Crippen LogP contribution < -0.4 is 4.90 Å². The molecule has 0 N–H and O–H groups in total. The third kappa shape index (κ3) is 3.75. The van der Waals surface area contributed by atoms with Crippen LogP contribution in [0.25, 0.3) is 65.8 Å². The minimum atomic E-state index is -0.810. The Morgan fingerprint density at radius 3 is 2.16 bits per heavy atom. The lowest BCUT2D eigenvalue weighted by Gasteiger charge is -2.26. The van der Waals surface area contributed by atoms with Crippen LogP contribution in [0.4, 0.5) is 17.1 Å². The van der Waals surface area contributed by atoms with Gasteiger partial charge in [-0.05, 0) is 77.0 Å². The number of rotatable bonds is 4. The van der Waals surface area contributed by atoms with E-state index in [1.165, 1.54) is 6.07 Å². The van der Waals surface area contributed by atoms with Gasteiger partial charge in [-0.1, -0.05) is 90.8 Å². The van der Waals surface area contributed by atoms with E-state index in [-0.39, 0.29) is 22.0 Å². The molecule has 0 aliphatic heterocycles. The molecule has 9 rings (SSSR count). The standard InChI is InChI=1S/C40H25NO2/c1-2-10-29(11-3-1)41(35-14-8-16-37-39(35)34-24-19-27-9-4-5-12-31(27)40(34)43-37)30-21-17-26(18-22-30)28-20-23-33-32-13-6-7-15-36(32)42-38(33)25-28/h1-25H/i1D,2D,3D,6D,7D,10D,11D,13D,15D,17D,18D,20D,21D,22D,23D,25D. The van der Waals surface area contributed by atoms with E-state index in [1.807, 2.05) is 30.3 Å². The zero-order chi connectivity index (χ0) is 42.3. The summed E-state index contributed by atoms with van der Waals surface area (Å²) in [4.78, 5) is 1.07. The van der Waals surface area contributed by atoms with Gasteiger partial charge in [-0.2, -0.15) is 0 Å². The van der Waals surface area contributed by atoms with E-state index in [4.69, 9.17) is 25.3 Å². The van der Waals surface area contributed by atoms with Gasteiger partial charge in [-0.25, -0.2) is 0 Å². The number of hydrogen-bond donors (Lipinski definition) is 0. The maximum atomic E-state index is 9.44. The van der Waals surface area contributed by atoms with Crippen LogP contribution in [0.1, 0.15) is 21.9 Å². The molecule has 0 spiro atoms. The highest BCUT2D eigenvalue weighted by Gasteiger charge is 2.20. The highest BCUT2D eigenvalue weighted by atomic mass is 16.3. The Morgan fingerprint density at radius 2 is 1.26 bits per heavy atom. The van der Waals surface area contributed by atoms with E-state index in [1.54, 1.807) is 18.2 Å². The van der Waals surface area contributed by atoms with Crippen LogP contribution in [-0.2, 0) is 0 Å². The fourth-order valence-electron chi connectivity index (χ4n) is 5.39. The van der Waals surface area contributed by atoms with Crippen molar-refractivity contribution < 1.29 is 30.8 Å². The molecule has 0 saturated heterocycles. The number of para-hydroxylation sites is 2. The first-order chi connectivity index (χ1) is 28.0. The van der Waals surface area contributed by atoms with Crippen molar-refractivity contribution in [3.05, 3.63) is 151 Å².